The molecule has 0 radical (unpaired) electrons. The van der Waals surface area contributed by atoms with Crippen LogP contribution in [-0.2, 0) is 10.8 Å². The maximum atomic E-state index is 5.90. The van der Waals surface area contributed by atoms with Gasteiger partial charge in [0.25, 0.3) is 0 Å². The summed E-state index contributed by atoms with van der Waals surface area (Å²) < 4.78 is 4.73. The van der Waals surface area contributed by atoms with Crippen molar-refractivity contribution in [2.75, 3.05) is 0 Å². The molecular weight excluding hydrogens is 923 g/mol. The third-order valence-electron chi connectivity index (χ3n) is 16.9. The molecule has 0 saturated heterocycles. The van der Waals surface area contributed by atoms with E-state index in [9.17, 15) is 0 Å². The van der Waals surface area contributed by atoms with Crippen LogP contribution in [0.15, 0.2) is 267 Å². The van der Waals surface area contributed by atoms with Crippen molar-refractivity contribution in [1.29, 1.82) is 0 Å². The van der Waals surface area contributed by atoms with E-state index in [-0.39, 0.29) is 5.92 Å². The lowest BCUT2D eigenvalue weighted by molar-refractivity contribution is 0.459. The number of benzene rings is 10. The maximum Gasteiger partial charge on any atom is 0.240 e. The first-order valence-electron chi connectivity index (χ1n) is 26.4. The molecule has 356 valence electrons. The minimum atomic E-state index is -0.690. The van der Waals surface area contributed by atoms with Crippen LogP contribution in [0.4, 0.5) is 0 Å². The summed E-state index contributed by atoms with van der Waals surface area (Å²) >= 11 is 0. The van der Waals surface area contributed by atoms with Gasteiger partial charge in [0.15, 0.2) is 5.82 Å². The van der Waals surface area contributed by atoms with Gasteiger partial charge >= 0.3 is 0 Å². The van der Waals surface area contributed by atoms with Gasteiger partial charge in [-0.2, -0.15) is 15.0 Å². The van der Waals surface area contributed by atoms with E-state index in [0.717, 1.165) is 55.6 Å². The Hall–Kier alpha value is -9.71. The van der Waals surface area contributed by atoms with E-state index in [1.54, 1.807) is 0 Å². The second-order valence-electron chi connectivity index (χ2n) is 20.5. The minimum absolute atomic E-state index is 0.117. The first-order valence-corrected chi connectivity index (χ1v) is 26.4. The number of para-hydroxylation sites is 2. The van der Waals surface area contributed by atoms with E-state index in [2.05, 4.69) is 276 Å². The number of hydrogen-bond acceptors (Lipinski definition) is 3. The summed E-state index contributed by atoms with van der Waals surface area (Å²) in [6, 6.07) is 88.8. The van der Waals surface area contributed by atoms with Crippen molar-refractivity contribution in [3.63, 3.8) is 0 Å². The van der Waals surface area contributed by atoms with Crippen molar-refractivity contribution in [1.82, 2.24) is 24.1 Å². The number of allylic oxidation sites excluding steroid dienone is 4. The van der Waals surface area contributed by atoms with Gasteiger partial charge < -0.3 is 0 Å². The van der Waals surface area contributed by atoms with Crippen LogP contribution in [0.25, 0.3) is 89.2 Å². The molecule has 0 amide bonds. The highest BCUT2D eigenvalue weighted by atomic mass is 15.3. The van der Waals surface area contributed by atoms with Crippen LogP contribution in [0.1, 0.15) is 45.4 Å². The van der Waals surface area contributed by atoms with Gasteiger partial charge in [-0.05, 0) is 74.5 Å². The Morgan fingerprint density at radius 1 is 0.368 bits per heavy atom. The molecule has 0 bridgehead atoms. The van der Waals surface area contributed by atoms with Crippen LogP contribution in [0.3, 0.4) is 0 Å². The molecule has 3 aliphatic carbocycles. The fraction of sp³-hybridized carbons (Fsp3) is 0.0563. The van der Waals surface area contributed by atoms with Gasteiger partial charge in [0.1, 0.15) is 0 Å². The van der Waals surface area contributed by atoms with Gasteiger partial charge in [-0.25, -0.2) is 0 Å². The van der Waals surface area contributed by atoms with Crippen molar-refractivity contribution in [2.24, 2.45) is 5.92 Å². The number of nitrogens with zero attached hydrogens (tertiary/aromatic N) is 5. The van der Waals surface area contributed by atoms with Crippen LogP contribution < -0.4 is 0 Å². The molecule has 5 nitrogen and oxygen atoms in total. The molecule has 3 aliphatic rings. The van der Waals surface area contributed by atoms with E-state index in [1.807, 2.05) is 0 Å². The normalized spacial score (nSPS) is 16.8. The van der Waals surface area contributed by atoms with Crippen molar-refractivity contribution in [2.45, 2.75) is 17.3 Å². The Morgan fingerprint density at radius 2 is 0.842 bits per heavy atom. The van der Waals surface area contributed by atoms with Gasteiger partial charge in [-0.1, -0.05) is 255 Å². The first kappa shape index (κ1) is 42.8. The molecule has 0 saturated carbocycles. The molecule has 10 aromatic carbocycles. The van der Waals surface area contributed by atoms with Crippen LogP contribution in [-0.4, -0.2) is 24.1 Å². The molecule has 2 atom stereocenters. The SMILES string of the molecule is C1=CCC(C2(c3ccccc3)c3ccccc3-c3ccc4c5ccccc5n(-c5nc(-c6ccccc6)nc(-n6c7ccccc7c7ccc8c(c76)C(c6ccccc6)(c6ccccc6)c6ccccc6-8)n5)c4c32)C=C1. The number of fused-ring (bicyclic) bond motifs is 14. The summed E-state index contributed by atoms with van der Waals surface area (Å²) in [5.41, 5.74) is 17.5. The Kier molecular flexibility index (Phi) is 9.23. The quantitative estimate of drug-likeness (QED) is 0.160. The zero-order valence-corrected chi connectivity index (χ0v) is 41.4. The highest BCUT2D eigenvalue weighted by Gasteiger charge is 2.52. The third-order valence-corrected chi connectivity index (χ3v) is 16.9. The molecule has 16 rings (SSSR count). The van der Waals surface area contributed by atoms with Crippen LogP contribution in [0.2, 0.25) is 0 Å². The molecule has 3 aromatic heterocycles. The van der Waals surface area contributed by atoms with E-state index < -0.39 is 10.8 Å². The Balaban J connectivity index is 1.07. The number of hydrogen-bond donors (Lipinski definition) is 0. The number of rotatable bonds is 7. The van der Waals surface area contributed by atoms with Gasteiger partial charge in [0.05, 0.1) is 32.9 Å². The van der Waals surface area contributed by atoms with Crippen LogP contribution in [0, 0.1) is 5.92 Å². The van der Waals surface area contributed by atoms with Gasteiger partial charge in [-0.15, -0.1) is 0 Å². The fourth-order valence-corrected chi connectivity index (χ4v) is 14.0. The zero-order valence-electron chi connectivity index (χ0n) is 41.4. The molecule has 0 spiro atoms. The van der Waals surface area contributed by atoms with Gasteiger partial charge in [0, 0.05) is 38.2 Å². The monoisotopic (exact) mass is 969 g/mol. The molecule has 0 aliphatic heterocycles. The average molecular weight is 970 g/mol. The second kappa shape index (κ2) is 16.4. The van der Waals surface area contributed by atoms with Crippen LogP contribution >= 0.6 is 0 Å². The molecule has 3 heterocycles. The Bertz CT molecular complexity index is 4510. The van der Waals surface area contributed by atoms with Crippen LogP contribution in [0.5, 0.6) is 0 Å². The standard InChI is InChI=1S/C71H47N5/c1-6-24-46(25-7-1)67-72-68(75-61-40-22-18-36-53(61)57-44-42-55-51-34-16-20-38-59(51)70(63(55)65(57)75,47-26-8-2-9-27-47)48-28-10-3-11-29-48)74-69(73-67)76-62-41-23-19-37-54(62)58-45-43-56-52-35-17-21-39-60(52)71(64(56)66(58)76,49-30-12-4-13-31-49)50-32-14-5-15-33-50/h1-32,34-45,50H,33H2. The fourth-order valence-electron chi connectivity index (χ4n) is 14.0. The van der Waals surface area contributed by atoms with Gasteiger partial charge in [-0.3, -0.25) is 9.13 Å². The lowest BCUT2D eigenvalue weighted by Gasteiger charge is -2.40. The third kappa shape index (κ3) is 5.71. The van der Waals surface area contributed by atoms with Gasteiger partial charge in [0.2, 0.25) is 11.9 Å². The van der Waals surface area contributed by atoms with Crippen molar-refractivity contribution >= 4 is 43.6 Å². The van der Waals surface area contributed by atoms with Crippen molar-refractivity contribution in [3.05, 3.63) is 306 Å². The summed E-state index contributed by atoms with van der Waals surface area (Å²) in [6.45, 7) is 0. The Labute approximate surface area is 440 Å². The van der Waals surface area contributed by atoms with Crippen molar-refractivity contribution < 1.29 is 0 Å². The number of aromatic nitrogens is 5. The zero-order chi connectivity index (χ0) is 50.0. The first-order chi connectivity index (χ1) is 37.7. The Morgan fingerprint density at radius 3 is 1.42 bits per heavy atom. The largest absolute Gasteiger partial charge is 0.277 e. The predicted octanol–water partition coefficient (Wildman–Crippen LogP) is 16.5. The molecular formula is C71H47N5. The molecule has 13 aromatic rings. The van der Waals surface area contributed by atoms with E-state index in [4.69, 9.17) is 15.0 Å². The minimum Gasteiger partial charge on any atom is -0.277 e. The lowest BCUT2D eigenvalue weighted by atomic mass is 9.62. The summed E-state index contributed by atoms with van der Waals surface area (Å²) in [4.78, 5) is 17.2. The average Bonchev–Trinajstić information content (AvgIpc) is 4.31. The molecule has 76 heavy (non-hydrogen) atoms. The molecule has 0 N–H and O–H groups in total. The molecule has 2 unspecified atom stereocenters. The highest BCUT2D eigenvalue weighted by Crippen LogP contribution is 2.62. The topological polar surface area (TPSA) is 48.5 Å². The maximum absolute atomic E-state index is 5.90. The summed E-state index contributed by atoms with van der Waals surface area (Å²) in [7, 11) is 0. The molecule has 0 fully saturated rings. The van der Waals surface area contributed by atoms with E-state index in [1.165, 1.54) is 61.2 Å². The van der Waals surface area contributed by atoms with Crippen molar-refractivity contribution in [3.8, 4) is 45.5 Å². The highest BCUT2D eigenvalue weighted by molar-refractivity contribution is 6.15. The second-order valence-corrected chi connectivity index (χ2v) is 20.5. The van der Waals surface area contributed by atoms with E-state index >= 15 is 0 Å². The van der Waals surface area contributed by atoms with E-state index in [0.29, 0.717) is 17.7 Å². The lowest BCUT2D eigenvalue weighted by Crippen LogP contribution is -2.36. The summed E-state index contributed by atoms with van der Waals surface area (Å²) in [5, 5.41) is 4.56. The molecule has 5 heteroatoms. The smallest absolute Gasteiger partial charge is 0.240 e. The predicted molar refractivity (Wildman–Crippen MR) is 309 cm³/mol. The summed E-state index contributed by atoms with van der Waals surface area (Å²) in [5.74, 6) is 1.81. The summed E-state index contributed by atoms with van der Waals surface area (Å²) in [6.07, 6.45) is 10.1.